The molecule has 1 unspecified atom stereocenters. The van der Waals surface area contributed by atoms with E-state index in [2.05, 4.69) is 27.7 Å². The fourth-order valence-electron chi connectivity index (χ4n) is 4.19. The molecule has 1 atom stereocenters. The summed E-state index contributed by atoms with van der Waals surface area (Å²) in [4.78, 5) is 31.7. The van der Waals surface area contributed by atoms with Gasteiger partial charge in [-0.2, -0.15) is 0 Å². The molecule has 7 heteroatoms. The smallest absolute Gasteiger partial charge is 0.263 e. The molecule has 1 N–H and O–H groups in total. The molecule has 28 heavy (non-hydrogen) atoms. The van der Waals surface area contributed by atoms with Gasteiger partial charge in [-0.1, -0.05) is 12.1 Å². The van der Waals surface area contributed by atoms with Crippen LogP contribution in [0.3, 0.4) is 0 Å². The molecular weight excluding hydrogens is 390 g/mol. The van der Waals surface area contributed by atoms with Crippen molar-refractivity contribution in [2.75, 3.05) is 32.7 Å². The van der Waals surface area contributed by atoms with E-state index < -0.39 is 0 Å². The van der Waals surface area contributed by atoms with E-state index in [9.17, 15) is 9.59 Å². The van der Waals surface area contributed by atoms with Crippen molar-refractivity contribution < 1.29 is 9.59 Å². The minimum atomic E-state index is 0.00921. The monoisotopic (exact) mass is 417 g/mol. The number of rotatable bonds is 6. The van der Waals surface area contributed by atoms with Crippen LogP contribution in [0.1, 0.15) is 46.3 Å². The maximum Gasteiger partial charge on any atom is 0.263 e. The third kappa shape index (κ3) is 4.47. The standard InChI is InChI=1S/C21H27N3O2S2/c25-20(16-7-11-24(12-8-16)21(26)19-6-4-14-28-19)22-15-17(18-5-3-13-27-18)23-9-1-2-10-23/h3-6,13-14,16-17H,1-2,7-12,15H2,(H,22,25). The average Bonchev–Trinajstić information content (AvgIpc) is 3.51. The Labute approximate surface area is 174 Å². The summed E-state index contributed by atoms with van der Waals surface area (Å²) in [6.07, 6.45) is 3.98. The summed E-state index contributed by atoms with van der Waals surface area (Å²) < 4.78 is 0. The fourth-order valence-corrected chi connectivity index (χ4v) is 5.74. The van der Waals surface area contributed by atoms with Gasteiger partial charge in [-0.25, -0.2) is 0 Å². The zero-order chi connectivity index (χ0) is 19.3. The van der Waals surface area contributed by atoms with Crippen molar-refractivity contribution in [2.24, 2.45) is 5.92 Å². The van der Waals surface area contributed by atoms with E-state index in [0.29, 0.717) is 19.6 Å². The lowest BCUT2D eigenvalue weighted by atomic mass is 9.95. The quantitative estimate of drug-likeness (QED) is 0.781. The lowest BCUT2D eigenvalue weighted by Crippen LogP contribution is -2.44. The second-order valence-corrected chi connectivity index (χ2v) is 9.49. The molecule has 0 spiro atoms. The normalized spacial score (nSPS) is 19.6. The van der Waals surface area contributed by atoms with E-state index >= 15 is 0 Å². The fraction of sp³-hybridized carbons (Fsp3) is 0.524. The first-order chi connectivity index (χ1) is 13.7. The summed E-state index contributed by atoms with van der Waals surface area (Å²) in [6, 6.07) is 8.32. The number of thiophene rings is 2. The zero-order valence-electron chi connectivity index (χ0n) is 16.0. The molecule has 0 radical (unpaired) electrons. The van der Waals surface area contributed by atoms with Gasteiger partial charge >= 0.3 is 0 Å². The number of carbonyl (C=O) groups is 2. The van der Waals surface area contributed by atoms with Crippen LogP contribution in [-0.4, -0.2) is 54.3 Å². The van der Waals surface area contributed by atoms with Gasteiger partial charge in [-0.05, 0) is 61.7 Å². The zero-order valence-corrected chi connectivity index (χ0v) is 17.6. The molecule has 2 aliphatic rings. The van der Waals surface area contributed by atoms with E-state index in [-0.39, 0.29) is 23.8 Å². The molecule has 0 saturated carbocycles. The van der Waals surface area contributed by atoms with E-state index in [1.165, 1.54) is 29.1 Å². The number of likely N-dealkylation sites (tertiary alicyclic amines) is 2. The number of nitrogens with one attached hydrogen (secondary N) is 1. The largest absolute Gasteiger partial charge is 0.354 e. The molecule has 2 fully saturated rings. The minimum absolute atomic E-state index is 0.00921. The predicted molar refractivity (Wildman–Crippen MR) is 114 cm³/mol. The summed E-state index contributed by atoms with van der Waals surface area (Å²) in [5.74, 6) is 0.250. The van der Waals surface area contributed by atoms with Crippen LogP contribution in [0.25, 0.3) is 0 Å². The first kappa shape index (κ1) is 19.6. The summed E-state index contributed by atoms with van der Waals surface area (Å²) in [6.45, 7) is 4.22. The van der Waals surface area contributed by atoms with Crippen molar-refractivity contribution in [1.82, 2.24) is 15.1 Å². The maximum absolute atomic E-state index is 12.8. The first-order valence-electron chi connectivity index (χ1n) is 10.1. The van der Waals surface area contributed by atoms with Gasteiger partial charge in [-0.3, -0.25) is 14.5 Å². The highest BCUT2D eigenvalue weighted by atomic mass is 32.1. The van der Waals surface area contributed by atoms with Crippen LogP contribution in [0.15, 0.2) is 35.0 Å². The second kappa shape index (κ2) is 9.20. The van der Waals surface area contributed by atoms with Gasteiger partial charge in [0, 0.05) is 30.4 Å². The van der Waals surface area contributed by atoms with Gasteiger partial charge in [0.05, 0.1) is 10.9 Å². The van der Waals surface area contributed by atoms with Crippen LogP contribution >= 0.6 is 22.7 Å². The average molecular weight is 418 g/mol. The number of hydrogen-bond acceptors (Lipinski definition) is 5. The number of nitrogens with zero attached hydrogens (tertiary/aromatic N) is 2. The van der Waals surface area contributed by atoms with Gasteiger partial charge in [0.25, 0.3) is 5.91 Å². The third-order valence-electron chi connectivity index (χ3n) is 5.81. The number of amides is 2. The van der Waals surface area contributed by atoms with Crippen molar-refractivity contribution in [1.29, 1.82) is 0 Å². The van der Waals surface area contributed by atoms with Crippen molar-refractivity contribution >= 4 is 34.5 Å². The second-order valence-electron chi connectivity index (χ2n) is 7.56. The van der Waals surface area contributed by atoms with Gasteiger partial charge in [0.15, 0.2) is 0 Å². The summed E-state index contributed by atoms with van der Waals surface area (Å²) in [5, 5.41) is 7.25. The van der Waals surface area contributed by atoms with Crippen LogP contribution in [0, 0.1) is 5.92 Å². The topological polar surface area (TPSA) is 52.7 Å². The van der Waals surface area contributed by atoms with E-state index in [0.717, 1.165) is 30.8 Å². The molecule has 150 valence electrons. The lowest BCUT2D eigenvalue weighted by Gasteiger charge is -2.32. The highest BCUT2D eigenvalue weighted by Crippen LogP contribution is 2.28. The maximum atomic E-state index is 12.8. The minimum Gasteiger partial charge on any atom is -0.354 e. The van der Waals surface area contributed by atoms with Crippen LogP contribution in [-0.2, 0) is 4.79 Å². The van der Waals surface area contributed by atoms with Crippen LogP contribution in [0.4, 0.5) is 0 Å². The van der Waals surface area contributed by atoms with Crippen molar-refractivity contribution in [3.63, 3.8) is 0 Å². The molecule has 2 saturated heterocycles. The highest BCUT2D eigenvalue weighted by molar-refractivity contribution is 7.12. The Morgan fingerprint density at radius 2 is 1.75 bits per heavy atom. The van der Waals surface area contributed by atoms with Crippen molar-refractivity contribution in [3.8, 4) is 0 Å². The predicted octanol–water partition coefficient (Wildman–Crippen LogP) is 3.62. The third-order valence-corrected chi connectivity index (χ3v) is 7.64. The molecule has 2 aliphatic heterocycles. The van der Waals surface area contributed by atoms with Gasteiger partial charge < -0.3 is 10.2 Å². The Morgan fingerprint density at radius 3 is 2.39 bits per heavy atom. The van der Waals surface area contributed by atoms with Gasteiger partial charge in [-0.15, -0.1) is 22.7 Å². The van der Waals surface area contributed by atoms with Crippen LogP contribution in [0.2, 0.25) is 0 Å². The molecule has 0 bridgehead atoms. The Morgan fingerprint density at radius 1 is 1.04 bits per heavy atom. The van der Waals surface area contributed by atoms with E-state index in [1.807, 2.05) is 22.4 Å². The van der Waals surface area contributed by atoms with Crippen molar-refractivity contribution in [2.45, 2.75) is 31.7 Å². The van der Waals surface area contributed by atoms with E-state index in [1.54, 1.807) is 11.3 Å². The van der Waals surface area contributed by atoms with E-state index in [4.69, 9.17) is 0 Å². The Hall–Kier alpha value is -1.70. The molecule has 4 heterocycles. The first-order valence-corrected chi connectivity index (χ1v) is 11.9. The molecule has 5 nitrogen and oxygen atoms in total. The Balaban J connectivity index is 1.28. The molecule has 2 aromatic heterocycles. The number of piperidine rings is 1. The molecular formula is C21H27N3O2S2. The SMILES string of the molecule is O=C(NCC(c1cccs1)N1CCCC1)C1CCN(C(=O)c2cccs2)CC1. The number of carbonyl (C=O) groups excluding carboxylic acids is 2. The summed E-state index contributed by atoms with van der Waals surface area (Å²) in [5.41, 5.74) is 0. The highest BCUT2D eigenvalue weighted by Gasteiger charge is 2.30. The van der Waals surface area contributed by atoms with Gasteiger partial charge in [0.2, 0.25) is 5.91 Å². The lowest BCUT2D eigenvalue weighted by molar-refractivity contribution is -0.126. The van der Waals surface area contributed by atoms with Gasteiger partial charge in [0.1, 0.15) is 0 Å². The number of hydrogen-bond donors (Lipinski definition) is 1. The molecule has 0 aromatic carbocycles. The molecule has 4 rings (SSSR count). The Kier molecular flexibility index (Phi) is 6.44. The van der Waals surface area contributed by atoms with Crippen LogP contribution in [0.5, 0.6) is 0 Å². The van der Waals surface area contributed by atoms with Crippen molar-refractivity contribution in [3.05, 3.63) is 44.8 Å². The van der Waals surface area contributed by atoms with Crippen LogP contribution < -0.4 is 5.32 Å². The molecule has 2 aromatic rings. The summed E-state index contributed by atoms with van der Waals surface area (Å²) >= 11 is 3.25. The Bertz CT molecular complexity index is 762. The molecule has 0 aliphatic carbocycles. The summed E-state index contributed by atoms with van der Waals surface area (Å²) in [7, 11) is 0. The molecule has 2 amide bonds.